The Morgan fingerprint density at radius 1 is 1.15 bits per heavy atom. The Kier molecular flexibility index (Phi) is 4.27. The normalized spacial score (nSPS) is 18.9. The Balaban J connectivity index is 2.57. The lowest BCUT2D eigenvalue weighted by atomic mass is 9.89. The summed E-state index contributed by atoms with van der Waals surface area (Å²) in [7, 11) is 0.871. The van der Waals surface area contributed by atoms with Crippen molar-refractivity contribution < 1.29 is 27.1 Å². The average molecular weight is 291 g/mol. The molecular formula is C13H13F4NO2. The van der Waals surface area contributed by atoms with Crippen molar-refractivity contribution >= 4 is 5.97 Å². The summed E-state index contributed by atoms with van der Waals surface area (Å²) in [5, 5.41) is 2.91. The van der Waals surface area contributed by atoms with Crippen LogP contribution in [0.3, 0.4) is 0 Å². The summed E-state index contributed by atoms with van der Waals surface area (Å²) in [5.41, 5.74) is -1.99. The molecule has 0 bridgehead atoms. The Bertz CT molecular complexity index is 513. The van der Waals surface area contributed by atoms with E-state index in [9.17, 15) is 22.4 Å². The zero-order chi connectivity index (χ0) is 14.9. The van der Waals surface area contributed by atoms with Crippen LogP contribution in [0.5, 0.6) is 0 Å². The molecule has 1 N–H and O–H groups in total. The van der Waals surface area contributed by atoms with Crippen LogP contribution in [-0.4, -0.2) is 26.2 Å². The molecule has 1 aliphatic rings. The molecule has 1 atom stereocenters. The van der Waals surface area contributed by atoms with Crippen LogP contribution in [0.1, 0.15) is 34.7 Å². The van der Waals surface area contributed by atoms with Crippen LogP contribution in [-0.2, 0) is 4.74 Å². The monoisotopic (exact) mass is 291 g/mol. The molecule has 1 unspecified atom stereocenters. The summed E-state index contributed by atoms with van der Waals surface area (Å²) < 4.78 is 59.6. The lowest BCUT2D eigenvalue weighted by Crippen LogP contribution is -2.30. The van der Waals surface area contributed by atoms with Gasteiger partial charge in [-0.1, -0.05) is 0 Å². The van der Waals surface area contributed by atoms with Crippen LogP contribution in [0.15, 0.2) is 0 Å². The molecular weight excluding hydrogens is 278 g/mol. The number of methoxy groups -OCH3 is 1. The molecule has 1 aliphatic heterocycles. The van der Waals surface area contributed by atoms with Gasteiger partial charge in [0.25, 0.3) is 0 Å². The standard InChI is InChI=1S/C13H13F4NO2/c1-20-13(19)8-11(16)9(14)7(10(15)12(8)17)6-3-2-4-18-5-6/h6,18H,2-5H2,1H3. The Labute approximate surface area is 112 Å². The largest absolute Gasteiger partial charge is 0.465 e. The second-order valence-electron chi connectivity index (χ2n) is 4.58. The molecule has 20 heavy (non-hydrogen) atoms. The number of ether oxygens (including phenoxy) is 1. The molecule has 0 amide bonds. The van der Waals surface area contributed by atoms with E-state index in [0.29, 0.717) is 19.4 Å². The van der Waals surface area contributed by atoms with E-state index >= 15 is 0 Å². The minimum Gasteiger partial charge on any atom is -0.465 e. The number of benzene rings is 1. The summed E-state index contributed by atoms with van der Waals surface area (Å²) >= 11 is 0. The van der Waals surface area contributed by atoms with Crippen molar-refractivity contribution in [1.82, 2.24) is 5.32 Å². The molecule has 0 radical (unpaired) electrons. The maximum atomic E-state index is 14.0. The molecule has 0 saturated carbocycles. The summed E-state index contributed by atoms with van der Waals surface area (Å²) in [6.07, 6.45) is 1.06. The van der Waals surface area contributed by atoms with Crippen molar-refractivity contribution in [3.8, 4) is 0 Å². The van der Waals surface area contributed by atoms with Gasteiger partial charge < -0.3 is 10.1 Å². The smallest absolute Gasteiger partial charge is 0.344 e. The number of rotatable bonds is 2. The molecule has 0 aromatic heterocycles. The van der Waals surface area contributed by atoms with Gasteiger partial charge in [-0.15, -0.1) is 0 Å². The molecule has 2 rings (SSSR count). The van der Waals surface area contributed by atoms with Gasteiger partial charge in [0, 0.05) is 18.0 Å². The topological polar surface area (TPSA) is 38.3 Å². The third-order valence-electron chi connectivity index (χ3n) is 3.39. The molecule has 1 aromatic carbocycles. The molecule has 0 aliphatic carbocycles. The number of carbonyl (C=O) groups excluding carboxylic acids is 1. The summed E-state index contributed by atoms with van der Waals surface area (Å²) in [4.78, 5) is 11.2. The van der Waals surface area contributed by atoms with Gasteiger partial charge >= 0.3 is 5.97 Å². The van der Waals surface area contributed by atoms with Crippen LogP contribution in [0, 0.1) is 23.3 Å². The van der Waals surface area contributed by atoms with E-state index in [1.165, 1.54) is 0 Å². The fourth-order valence-electron chi connectivity index (χ4n) is 2.39. The predicted molar refractivity (Wildman–Crippen MR) is 62.5 cm³/mol. The van der Waals surface area contributed by atoms with Gasteiger partial charge in [0.15, 0.2) is 23.3 Å². The Morgan fingerprint density at radius 3 is 2.20 bits per heavy atom. The molecule has 1 aromatic rings. The first-order valence-corrected chi connectivity index (χ1v) is 6.13. The minimum absolute atomic E-state index is 0.226. The third kappa shape index (κ3) is 2.37. The van der Waals surface area contributed by atoms with E-state index in [0.717, 1.165) is 7.11 Å². The highest BCUT2D eigenvalue weighted by molar-refractivity contribution is 5.90. The Hall–Kier alpha value is -1.63. The van der Waals surface area contributed by atoms with Crippen molar-refractivity contribution in [3.63, 3.8) is 0 Å². The maximum Gasteiger partial charge on any atom is 0.344 e. The summed E-state index contributed by atoms with van der Waals surface area (Å²) in [6.45, 7) is 0.912. The number of halogens is 4. The number of esters is 1. The van der Waals surface area contributed by atoms with E-state index < -0.39 is 46.3 Å². The van der Waals surface area contributed by atoms with Crippen molar-refractivity contribution in [1.29, 1.82) is 0 Å². The molecule has 1 fully saturated rings. The zero-order valence-electron chi connectivity index (χ0n) is 10.7. The molecule has 110 valence electrons. The number of carbonyl (C=O) groups is 1. The van der Waals surface area contributed by atoms with Crippen LogP contribution < -0.4 is 5.32 Å². The average Bonchev–Trinajstić information content (AvgIpc) is 2.46. The van der Waals surface area contributed by atoms with Crippen LogP contribution in [0.2, 0.25) is 0 Å². The fraction of sp³-hybridized carbons (Fsp3) is 0.462. The lowest BCUT2D eigenvalue weighted by Gasteiger charge is -2.24. The first kappa shape index (κ1) is 14.8. The fourth-order valence-corrected chi connectivity index (χ4v) is 2.39. The lowest BCUT2D eigenvalue weighted by molar-refractivity contribution is 0.0586. The highest BCUT2D eigenvalue weighted by Crippen LogP contribution is 2.33. The first-order valence-electron chi connectivity index (χ1n) is 6.13. The molecule has 0 spiro atoms. The summed E-state index contributed by atoms with van der Waals surface area (Å²) in [5.74, 6) is -8.60. The van der Waals surface area contributed by atoms with Gasteiger partial charge in [0.05, 0.1) is 7.11 Å². The second-order valence-corrected chi connectivity index (χ2v) is 4.58. The zero-order valence-corrected chi connectivity index (χ0v) is 10.7. The highest BCUT2D eigenvalue weighted by atomic mass is 19.2. The van der Waals surface area contributed by atoms with Gasteiger partial charge in [-0.25, -0.2) is 22.4 Å². The minimum atomic E-state index is -1.71. The SMILES string of the molecule is COC(=O)c1c(F)c(F)c(C2CCCNC2)c(F)c1F. The van der Waals surface area contributed by atoms with Crippen LogP contribution in [0.4, 0.5) is 17.6 Å². The molecule has 1 saturated heterocycles. The van der Waals surface area contributed by atoms with Crippen molar-refractivity contribution in [2.75, 3.05) is 20.2 Å². The Morgan fingerprint density at radius 2 is 1.75 bits per heavy atom. The van der Waals surface area contributed by atoms with Crippen LogP contribution in [0.25, 0.3) is 0 Å². The van der Waals surface area contributed by atoms with E-state index in [1.807, 2.05) is 0 Å². The van der Waals surface area contributed by atoms with E-state index in [-0.39, 0.29) is 6.54 Å². The number of nitrogens with one attached hydrogen (secondary N) is 1. The molecule has 1 heterocycles. The molecule has 7 heteroatoms. The summed E-state index contributed by atoms with van der Waals surface area (Å²) in [6, 6.07) is 0. The van der Waals surface area contributed by atoms with Gasteiger partial charge in [-0.05, 0) is 19.4 Å². The number of piperidine rings is 1. The maximum absolute atomic E-state index is 14.0. The van der Waals surface area contributed by atoms with Crippen molar-refractivity contribution in [2.45, 2.75) is 18.8 Å². The van der Waals surface area contributed by atoms with E-state index in [4.69, 9.17) is 0 Å². The number of hydrogen-bond donors (Lipinski definition) is 1. The first-order chi connectivity index (χ1) is 9.49. The van der Waals surface area contributed by atoms with E-state index in [2.05, 4.69) is 10.1 Å². The van der Waals surface area contributed by atoms with Crippen LogP contribution >= 0.6 is 0 Å². The molecule has 3 nitrogen and oxygen atoms in total. The van der Waals surface area contributed by atoms with Gasteiger partial charge in [-0.2, -0.15) is 0 Å². The van der Waals surface area contributed by atoms with Crippen molar-refractivity contribution in [3.05, 3.63) is 34.4 Å². The number of hydrogen-bond acceptors (Lipinski definition) is 3. The third-order valence-corrected chi connectivity index (χ3v) is 3.39. The van der Waals surface area contributed by atoms with Gasteiger partial charge in [0.1, 0.15) is 5.56 Å². The second kappa shape index (κ2) is 5.78. The van der Waals surface area contributed by atoms with Gasteiger partial charge in [-0.3, -0.25) is 0 Å². The highest BCUT2D eigenvalue weighted by Gasteiger charge is 2.33. The van der Waals surface area contributed by atoms with Gasteiger partial charge in [0.2, 0.25) is 0 Å². The van der Waals surface area contributed by atoms with E-state index in [1.54, 1.807) is 0 Å². The van der Waals surface area contributed by atoms with Crippen molar-refractivity contribution in [2.24, 2.45) is 0 Å². The predicted octanol–water partition coefficient (Wildman–Crippen LogP) is 2.50. The quantitative estimate of drug-likeness (QED) is 0.517.